The van der Waals surface area contributed by atoms with Crippen LogP contribution in [0.1, 0.15) is 0 Å². The number of ether oxygens (including phenoxy) is 1. The summed E-state index contributed by atoms with van der Waals surface area (Å²) in [4.78, 5) is 3.48. The van der Waals surface area contributed by atoms with Crippen LogP contribution in [0.2, 0.25) is 10.3 Å². The van der Waals surface area contributed by atoms with Gasteiger partial charge in [0.2, 0.25) is 0 Å². The van der Waals surface area contributed by atoms with Gasteiger partial charge in [0.05, 0.1) is 6.61 Å². The minimum atomic E-state index is -0.709. The molecule has 0 saturated heterocycles. The lowest BCUT2D eigenvalue weighted by Crippen LogP contribution is -2.03. The number of halogens is 3. The quantitative estimate of drug-likeness (QED) is 0.800. The molecule has 0 saturated carbocycles. The minimum absolute atomic E-state index is 0.0279. The van der Waals surface area contributed by atoms with E-state index in [-0.39, 0.29) is 29.3 Å². The minimum Gasteiger partial charge on any atom is -0.488 e. The summed E-state index contributed by atoms with van der Waals surface area (Å²) in [5, 5.41) is 8.10. The Bertz CT molecular complexity index is 309. The second-order valence-electron chi connectivity index (χ2n) is 2.12. The maximum absolute atomic E-state index is 12.8. The average molecular weight is 226 g/mol. The summed E-state index contributed by atoms with van der Waals surface area (Å²) in [6.45, 7) is -0.150. The van der Waals surface area contributed by atoms with E-state index in [1.165, 1.54) is 0 Å². The van der Waals surface area contributed by atoms with Crippen molar-refractivity contribution in [2.75, 3.05) is 13.2 Å². The second kappa shape index (κ2) is 4.60. The maximum atomic E-state index is 12.8. The lowest BCUT2D eigenvalue weighted by molar-refractivity contribution is 0.200. The van der Waals surface area contributed by atoms with E-state index in [0.29, 0.717) is 0 Å². The van der Waals surface area contributed by atoms with E-state index in [1.807, 2.05) is 0 Å². The number of rotatable bonds is 3. The molecule has 1 N–H and O–H groups in total. The van der Waals surface area contributed by atoms with Gasteiger partial charge in [-0.1, -0.05) is 23.2 Å². The molecule has 1 rings (SSSR count). The molecular weight excluding hydrogens is 220 g/mol. The lowest BCUT2D eigenvalue weighted by Gasteiger charge is -2.05. The first-order chi connectivity index (χ1) is 6.15. The zero-order valence-electron chi connectivity index (χ0n) is 6.43. The van der Waals surface area contributed by atoms with Crippen LogP contribution >= 0.6 is 23.2 Å². The summed E-state index contributed by atoms with van der Waals surface area (Å²) in [6.07, 6.45) is 0. The van der Waals surface area contributed by atoms with Gasteiger partial charge >= 0.3 is 0 Å². The van der Waals surface area contributed by atoms with Gasteiger partial charge < -0.3 is 9.84 Å². The van der Waals surface area contributed by atoms with Crippen molar-refractivity contribution in [3.05, 3.63) is 22.2 Å². The Balaban J connectivity index is 2.88. The lowest BCUT2D eigenvalue weighted by atomic mass is 10.4. The van der Waals surface area contributed by atoms with Crippen LogP contribution in [0.25, 0.3) is 0 Å². The predicted molar refractivity (Wildman–Crippen MR) is 46.8 cm³/mol. The first kappa shape index (κ1) is 10.5. The van der Waals surface area contributed by atoms with Crippen molar-refractivity contribution in [1.29, 1.82) is 0 Å². The molecule has 0 amide bonds. The largest absolute Gasteiger partial charge is 0.488 e. The van der Waals surface area contributed by atoms with Gasteiger partial charge in [0.15, 0.2) is 21.9 Å². The van der Waals surface area contributed by atoms with E-state index in [0.717, 1.165) is 6.07 Å². The number of aliphatic hydroxyl groups is 1. The average Bonchev–Trinajstić information content (AvgIpc) is 2.09. The molecule has 0 bridgehead atoms. The van der Waals surface area contributed by atoms with Crippen LogP contribution in [0.5, 0.6) is 5.75 Å². The highest BCUT2D eigenvalue weighted by Crippen LogP contribution is 2.26. The number of aliphatic hydroxyl groups excluding tert-OH is 1. The van der Waals surface area contributed by atoms with E-state index in [1.54, 1.807) is 0 Å². The molecule has 1 aromatic rings. The van der Waals surface area contributed by atoms with E-state index in [4.69, 9.17) is 33.0 Å². The smallest absolute Gasteiger partial charge is 0.172 e. The Morgan fingerprint density at radius 2 is 2.15 bits per heavy atom. The molecule has 6 heteroatoms. The number of hydrogen-bond donors (Lipinski definition) is 1. The number of aromatic nitrogens is 1. The van der Waals surface area contributed by atoms with Crippen molar-refractivity contribution in [3.8, 4) is 5.75 Å². The molecule has 0 aliphatic rings. The molecule has 0 fully saturated rings. The summed E-state index contributed by atoms with van der Waals surface area (Å²) < 4.78 is 17.7. The highest BCUT2D eigenvalue weighted by Gasteiger charge is 2.09. The third-order valence-electron chi connectivity index (χ3n) is 1.20. The summed E-state index contributed by atoms with van der Waals surface area (Å²) in [5.74, 6) is -0.642. The summed E-state index contributed by atoms with van der Waals surface area (Å²) >= 11 is 10.9. The van der Waals surface area contributed by atoms with Crippen molar-refractivity contribution in [2.45, 2.75) is 0 Å². The molecule has 1 aromatic heterocycles. The van der Waals surface area contributed by atoms with Crippen LogP contribution in [-0.4, -0.2) is 23.3 Å². The van der Waals surface area contributed by atoms with Crippen molar-refractivity contribution in [2.24, 2.45) is 0 Å². The van der Waals surface area contributed by atoms with E-state index in [9.17, 15) is 4.39 Å². The Morgan fingerprint density at radius 1 is 1.46 bits per heavy atom. The fourth-order valence-corrected chi connectivity index (χ4v) is 1.06. The molecule has 0 spiro atoms. The normalized spacial score (nSPS) is 10.2. The summed E-state index contributed by atoms with van der Waals surface area (Å²) in [5.41, 5.74) is 0. The van der Waals surface area contributed by atoms with E-state index >= 15 is 0 Å². The zero-order chi connectivity index (χ0) is 9.84. The fourth-order valence-electron chi connectivity index (χ4n) is 0.686. The number of pyridine rings is 1. The van der Waals surface area contributed by atoms with Crippen LogP contribution in [0, 0.1) is 5.82 Å². The topological polar surface area (TPSA) is 42.4 Å². The monoisotopic (exact) mass is 225 g/mol. The first-order valence-corrected chi connectivity index (χ1v) is 4.16. The standard InChI is InChI=1S/C7H6Cl2FNO2/c8-6-4(10)3-5(7(9)11-6)13-2-1-12/h3,12H,1-2H2. The molecule has 0 aliphatic carbocycles. The van der Waals surface area contributed by atoms with Crippen LogP contribution in [0.4, 0.5) is 4.39 Å². The third-order valence-corrected chi connectivity index (χ3v) is 1.74. The van der Waals surface area contributed by atoms with Crippen LogP contribution in [-0.2, 0) is 0 Å². The van der Waals surface area contributed by atoms with Gasteiger partial charge in [0.1, 0.15) is 6.61 Å². The van der Waals surface area contributed by atoms with Gasteiger partial charge in [-0.05, 0) is 0 Å². The molecule has 0 aromatic carbocycles. The van der Waals surface area contributed by atoms with Crippen molar-refractivity contribution in [3.63, 3.8) is 0 Å². The molecule has 1 heterocycles. The van der Waals surface area contributed by atoms with Gasteiger partial charge in [0, 0.05) is 6.07 Å². The molecule has 0 unspecified atom stereocenters. The molecular formula is C7H6Cl2FNO2. The van der Waals surface area contributed by atoms with Gasteiger partial charge in [0.25, 0.3) is 0 Å². The molecule has 0 atom stereocenters. The highest BCUT2D eigenvalue weighted by molar-refractivity contribution is 6.33. The Morgan fingerprint density at radius 3 is 2.77 bits per heavy atom. The predicted octanol–water partition coefficient (Wildman–Crippen LogP) is 1.90. The third kappa shape index (κ3) is 2.69. The van der Waals surface area contributed by atoms with E-state index < -0.39 is 5.82 Å². The maximum Gasteiger partial charge on any atom is 0.172 e. The molecule has 0 radical (unpaired) electrons. The Labute approximate surface area is 84.1 Å². The van der Waals surface area contributed by atoms with Gasteiger partial charge in [-0.15, -0.1) is 0 Å². The Hall–Kier alpha value is -0.580. The van der Waals surface area contributed by atoms with Crippen molar-refractivity contribution in [1.82, 2.24) is 4.98 Å². The van der Waals surface area contributed by atoms with Crippen LogP contribution in [0.15, 0.2) is 6.07 Å². The van der Waals surface area contributed by atoms with Crippen LogP contribution < -0.4 is 4.74 Å². The van der Waals surface area contributed by atoms with Crippen LogP contribution in [0.3, 0.4) is 0 Å². The first-order valence-electron chi connectivity index (χ1n) is 3.40. The van der Waals surface area contributed by atoms with Gasteiger partial charge in [-0.3, -0.25) is 0 Å². The highest BCUT2D eigenvalue weighted by atomic mass is 35.5. The number of nitrogens with zero attached hydrogens (tertiary/aromatic N) is 1. The molecule has 0 aliphatic heterocycles. The molecule has 72 valence electrons. The van der Waals surface area contributed by atoms with Crippen molar-refractivity contribution < 1.29 is 14.2 Å². The van der Waals surface area contributed by atoms with Gasteiger partial charge in [-0.25, -0.2) is 9.37 Å². The molecule has 13 heavy (non-hydrogen) atoms. The molecule has 3 nitrogen and oxygen atoms in total. The fraction of sp³-hybridized carbons (Fsp3) is 0.286. The Kier molecular flexibility index (Phi) is 3.71. The van der Waals surface area contributed by atoms with E-state index in [2.05, 4.69) is 4.98 Å². The van der Waals surface area contributed by atoms with Gasteiger partial charge in [-0.2, -0.15) is 0 Å². The zero-order valence-corrected chi connectivity index (χ0v) is 7.94. The SMILES string of the molecule is OCCOc1cc(F)c(Cl)nc1Cl. The summed E-state index contributed by atoms with van der Waals surface area (Å²) in [6, 6.07) is 1.02. The van der Waals surface area contributed by atoms with Crippen molar-refractivity contribution >= 4 is 23.2 Å². The second-order valence-corrected chi connectivity index (χ2v) is 2.84. The summed E-state index contributed by atoms with van der Waals surface area (Å²) in [7, 11) is 0. The number of hydrogen-bond acceptors (Lipinski definition) is 3.